The third kappa shape index (κ3) is 3.91. The van der Waals surface area contributed by atoms with E-state index < -0.39 is 0 Å². The number of nitrogen functional groups attached to an aromatic ring is 1. The molecule has 6 nitrogen and oxygen atoms in total. The van der Waals surface area contributed by atoms with Crippen LogP contribution in [0.1, 0.15) is 17.1 Å². The number of aromatic amines is 1. The van der Waals surface area contributed by atoms with Crippen molar-refractivity contribution in [1.82, 2.24) is 20.2 Å². The fourth-order valence-electron chi connectivity index (χ4n) is 2.85. The van der Waals surface area contributed by atoms with Crippen molar-refractivity contribution in [3.8, 4) is 11.3 Å². The van der Waals surface area contributed by atoms with Crippen LogP contribution in [0.4, 0.5) is 17.3 Å². The van der Waals surface area contributed by atoms with E-state index in [0.29, 0.717) is 28.7 Å². The van der Waals surface area contributed by atoms with Gasteiger partial charge in [-0.25, -0.2) is 9.97 Å². The smallest absolute Gasteiger partial charge is 0.156 e. The van der Waals surface area contributed by atoms with E-state index in [1.54, 1.807) is 0 Å². The van der Waals surface area contributed by atoms with E-state index in [0.717, 1.165) is 16.9 Å². The average molecular weight is 368 g/mol. The van der Waals surface area contributed by atoms with Gasteiger partial charge in [-0.3, -0.25) is 5.10 Å². The summed E-state index contributed by atoms with van der Waals surface area (Å²) in [7, 11) is 0. The largest absolute Gasteiger partial charge is 0.383 e. The number of nitrogens with zero attached hydrogens (tertiary/aromatic N) is 3. The Morgan fingerprint density at radius 2 is 1.64 bits per heavy atom. The molecule has 4 rings (SSSR count). The summed E-state index contributed by atoms with van der Waals surface area (Å²) in [5, 5.41) is 10.6. The quantitative estimate of drug-likeness (QED) is 0.476. The minimum atomic E-state index is 0.368. The highest BCUT2D eigenvalue weighted by Crippen LogP contribution is 2.32. The van der Waals surface area contributed by atoms with Crippen LogP contribution in [0.3, 0.4) is 0 Å². The van der Waals surface area contributed by atoms with Gasteiger partial charge in [0, 0.05) is 11.4 Å². The third-order valence-electron chi connectivity index (χ3n) is 4.18. The van der Waals surface area contributed by atoms with Crippen molar-refractivity contribution in [2.75, 3.05) is 11.1 Å². The Hall–Kier alpha value is -3.93. The lowest BCUT2D eigenvalue weighted by Gasteiger charge is -2.12. The summed E-state index contributed by atoms with van der Waals surface area (Å²) in [6.45, 7) is 1.94. The van der Waals surface area contributed by atoms with Crippen molar-refractivity contribution in [3.63, 3.8) is 0 Å². The molecule has 2 aromatic carbocycles. The number of benzene rings is 2. The van der Waals surface area contributed by atoms with Crippen molar-refractivity contribution in [3.05, 3.63) is 83.8 Å². The minimum Gasteiger partial charge on any atom is -0.383 e. The lowest BCUT2D eigenvalue weighted by Crippen LogP contribution is -2.05. The molecule has 2 heterocycles. The second kappa shape index (κ2) is 7.75. The van der Waals surface area contributed by atoms with E-state index in [1.165, 1.54) is 0 Å². The molecule has 0 saturated carbocycles. The lowest BCUT2D eigenvalue weighted by atomic mass is 10.1. The van der Waals surface area contributed by atoms with Crippen molar-refractivity contribution < 1.29 is 0 Å². The molecule has 0 bridgehead atoms. The maximum absolute atomic E-state index is 6.31. The standard InChI is InChI=1S/C22H20N6/c1-15-14-18(28-27-15)20-21(23)25-19(13-12-16-8-4-2-5-9-16)26-22(20)24-17-10-6-3-7-11-17/h2-14H,1H3,(H,27,28)(H3,23,24,25,26). The molecule has 0 atom stereocenters. The second-order valence-electron chi connectivity index (χ2n) is 6.36. The van der Waals surface area contributed by atoms with Gasteiger partial charge < -0.3 is 11.1 Å². The maximum Gasteiger partial charge on any atom is 0.156 e. The van der Waals surface area contributed by atoms with Crippen LogP contribution in [0.5, 0.6) is 0 Å². The first-order valence-corrected chi connectivity index (χ1v) is 8.94. The van der Waals surface area contributed by atoms with Gasteiger partial charge in [-0.05, 0) is 36.8 Å². The fourth-order valence-corrected chi connectivity index (χ4v) is 2.85. The number of anilines is 3. The van der Waals surface area contributed by atoms with E-state index >= 15 is 0 Å². The zero-order valence-corrected chi connectivity index (χ0v) is 15.4. The maximum atomic E-state index is 6.31. The van der Waals surface area contributed by atoms with Crippen LogP contribution in [0.2, 0.25) is 0 Å². The van der Waals surface area contributed by atoms with E-state index in [4.69, 9.17) is 5.73 Å². The summed E-state index contributed by atoms with van der Waals surface area (Å²) in [5.41, 5.74) is 10.6. The molecule has 0 amide bonds. The van der Waals surface area contributed by atoms with Gasteiger partial charge in [0.25, 0.3) is 0 Å². The SMILES string of the molecule is Cc1cc(-c2c(N)nc(C=Cc3ccccc3)nc2Nc2ccccc2)n[nH]1. The van der Waals surface area contributed by atoms with Gasteiger partial charge in [0.05, 0.1) is 11.3 Å². The molecule has 0 aliphatic carbocycles. The number of para-hydroxylation sites is 1. The predicted octanol–water partition coefficient (Wildman–Crippen LogP) is 4.67. The zero-order valence-electron chi connectivity index (χ0n) is 15.4. The first-order valence-electron chi connectivity index (χ1n) is 8.94. The van der Waals surface area contributed by atoms with Gasteiger partial charge in [-0.2, -0.15) is 5.10 Å². The number of aromatic nitrogens is 4. The van der Waals surface area contributed by atoms with Crippen molar-refractivity contribution in [2.45, 2.75) is 6.92 Å². The Morgan fingerprint density at radius 3 is 2.32 bits per heavy atom. The van der Waals surface area contributed by atoms with Gasteiger partial charge in [0.2, 0.25) is 0 Å². The molecular formula is C22H20N6. The molecule has 0 saturated heterocycles. The molecular weight excluding hydrogens is 348 g/mol. The first kappa shape index (κ1) is 17.5. The van der Waals surface area contributed by atoms with Crippen molar-refractivity contribution in [2.24, 2.45) is 0 Å². The molecule has 6 heteroatoms. The molecule has 0 fully saturated rings. The molecule has 0 aliphatic rings. The van der Waals surface area contributed by atoms with Gasteiger partial charge in [0.1, 0.15) is 11.6 Å². The predicted molar refractivity (Wildman–Crippen MR) is 114 cm³/mol. The van der Waals surface area contributed by atoms with E-state index in [-0.39, 0.29) is 0 Å². The van der Waals surface area contributed by atoms with Gasteiger partial charge >= 0.3 is 0 Å². The Balaban J connectivity index is 1.77. The van der Waals surface area contributed by atoms with Gasteiger partial charge in [-0.1, -0.05) is 54.6 Å². The molecule has 2 aromatic heterocycles. The number of hydrogen-bond donors (Lipinski definition) is 3. The molecule has 4 aromatic rings. The van der Waals surface area contributed by atoms with Gasteiger partial charge in [0.15, 0.2) is 5.82 Å². The van der Waals surface area contributed by atoms with Crippen molar-refractivity contribution in [1.29, 1.82) is 0 Å². The zero-order chi connectivity index (χ0) is 19.3. The highest BCUT2D eigenvalue weighted by atomic mass is 15.1. The van der Waals surface area contributed by atoms with Crippen LogP contribution >= 0.6 is 0 Å². The fraction of sp³-hybridized carbons (Fsp3) is 0.0455. The molecule has 0 radical (unpaired) electrons. The minimum absolute atomic E-state index is 0.368. The Bertz CT molecular complexity index is 1100. The Morgan fingerprint density at radius 1 is 0.929 bits per heavy atom. The summed E-state index contributed by atoms with van der Waals surface area (Å²) in [6, 6.07) is 21.7. The lowest BCUT2D eigenvalue weighted by molar-refractivity contribution is 1.05. The molecule has 0 spiro atoms. The summed E-state index contributed by atoms with van der Waals surface area (Å²) in [4.78, 5) is 9.15. The summed E-state index contributed by atoms with van der Waals surface area (Å²) >= 11 is 0. The highest BCUT2D eigenvalue weighted by molar-refractivity contribution is 5.85. The first-order chi connectivity index (χ1) is 13.7. The van der Waals surface area contributed by atoms with Crippen LogP contribution in [0.15, 0.2) is 66.7 Å². The van der Waals surface area contributed by atoms with E-state index in [1.807, 2.05) is 85.8 Å². The summed E-state index contributed by atoms with van der Waals surface area (Å²) < 4.78 is 0. The van der Waals surface area contributed by atoms with E-state index in [2.05, 4.69) is 25.5 Å². The molecule has 138 valence electrons. The van der Waals surface area contributed by atoms with Crippen LogP contribution in [-0.2, 0) is 0 Å². The number of rotatable bonds is 5. The number of nitrogens with two attached hydrogens (primary N) is 1. The van der Waals surface area contributed by atoms with Crippen LogP contribution in [-0.4, -0.2) is 20.2 Å². The second-order valence-corrected chi connectivity index (χ2v) is 6.36. The number of aryl methyl sites for hydroxylation is 1. The summed E-state index contributed by atoms with van der Waals surface area (Å²) in [6.07, 6.45) is 3.81. The Labute approximate surface area is 163 Å². The average Bonchev–Trinajstić information content (AvgIpc) is 3.13. The van der Waals surface area contributed by atoms with Crippen LogP contribution in [0.25, 0.3) is 23.4 Å². The van der Waals surface area contributed by atoms with Crippen LogP contribution < -0.4 is 11.1 Å². The number of nitrogens with one attached hydrogen (secondary N) is 2. The monoisotopic (exact) mass is 368 g/mol. The number of hydrogen-bond acceptors (Lipinski definition) is 5. The molecule has 0 aliphatic heterocycles. The van der Waals surface area contributed by atoms with Crippen molar-refractivity contribution >= 4 is 29.5 Å². The molecule has 4 N–H and O–H groups in total. The normalized spacial score (nSPS) is 11.0. The summed E-state index contributed by atoms with van der Waals surface area (Å²) in [5.74, 6) is 1.50. The topological polar surface area (TPSA) is 92.5 Å². The van der Waals surface area contributed by atoms with Gasteiger partial charge in [-0.15, -0.1) is 0 Å². The molecule has 0 unspecified atom stereocenters. The highest BCUT2D eigenvalue weighted by Gasteiger charge is 2.16. The number of H-pyrrole nitrogens is 1. The van der Waals surface area contributed by atoms with E-state index in [9.17, 15) is 0 Å². The third-order valence-corrected chi connectivity index (χ3v) is 4.18. The Kier molecular flexibility index (Phi) is 4.84. The molecule has 28 heavy (non-hydrogen) atoms. The van der Waals surface area contributed by atoms with Crippen LogP contribution in [0, 0.1) is 6.92 Å².